The molecular formula is C20H14BrNO2. The van der Waals surface area contributed by atoms with Crippen LogP contribution in [0, 0.1) is 0 Å². The van der Waals surface area contributed by atoms with Crippen molar-refractivity contribution in [3.05, 3.63) is 70.7 Å². The Kier molecular flexibility index (Phi) is 3.62. The number of nitrogens with one attached hydrogen (secondary N) is 1. The summed E-state index contributed by atoms with van der Waals surface area (Å²) in [5, 5.41) is 2.08. The van der Waals surface area contributed by atoms with E-state index in [1.165, 1.54) is 7.11 Å². The van der Waals surface area contributed by atoms with Crippen LogP contribution in [-0.4, -0.2) is 18.1 Å². The van der Waals surface area contributed by atoms with Gasteiger partial charge in [0.2, 0.25) is 0 Å². The van der Waals surface area contributed by atoms with Crippen molar-refractivity contribution in [3.8, 4) is 11.1 Å². The lowest BCUT2D eigenvalue weighted by Gasteiger charge is -2.07. The molecule has 0 fully saturated rings. The van der Waals surface area contributed by atoms with E-state index in [1.807, 2.05) is 48.5 Å². The van der Waals surface area contributed by atoms with Crippen molar-refractivity contribution in [1.29, 1.82) is 0 Å². The number of esters is 1. The van der Waals surface area contributed by atoms with Gasteiger partial charge in [0, 0.05) is 20.8 Å². The van der Waals surface area contributed by atoms with Crippen molar-refractivity contribution < 1.29 is 9.53 Å². The molecule has 0 bridgehead atoms. The first-order valence-electron chi connectivity index (χ1n) is 7.56. The number of methoxy groups -OCH3 is 1. The molecule has 1 aromatic heterocycles. The number of fused-ring (bicyclic) bond motifs is 3. The molecule has 4 aromatic rings. The van der Waals surface area contributed by atoms with E-state index in [0.717, 1.165) is 37.4 Å². The molecule has 0 aliphatic rings. The van der Waals surface area contributed by atoms with Crippen molar-refractivity contribution in [2.24, 2.45) is 0 Å². The zero-order chi connectivity index (χ0) is 16.7. The fourth-order valence-corrected chi connectivity index (χ4v) is 3.40. The molecule has 3 aromatic carbocycles. The largest absolute Gasteiger partial charge is 0.465 e. The van der Waals surface area contributed by atoms with Crippen molar-refractivity contribution in [2.45, 2.75) is 0 Å². The molecule has 0 spiro atoms. The van der Waals surface area contributed by atoms with E-state index in [4.69, 9.17) is 4.74 Å². The maximum absolute atomic E-state index is 12.3. The van der Waals surface area contributed by atoms with Crippen LogP contribution in [0.2, 0.25) is 0 Å². The molecule has 118 valence electrons. The van der Waals surface area contributed by atoms with Crippen molar-refractivity contribution in [2.75, 3.05) is 7.11 Å². The number of ether oxygens (including phenoxy) is 1. The van der Waals surface area contributed by atoms with Crippen LogP contribution in [0.3, 0.4) is 0 Å². The number of rotatable bonds is 2. The maximum Gasteiger partial charge on any atom is 0.340 e. The summed E-state index contributed by atoms with van der Waals surface area (Å²) in [5.41, 5.74) is 4.39. The summed E-state index contributed by atoms with van der Waals surface area (Å²) in [7, 11) is 1.41. The topological polar surface area (TPSA) is 42.1 Å². The summed E-state index contributed by atoms with van der Waals surface area (Å²) in [6.07, 6.45) is 0. The first kappa shape index (κ1) is 15.0. The Labute approximate surface area is 147 Å². The first-order chi connectivity index (χ1) is 11.7. The molecule has 0 atom stereocenters. The molecule has 4 heteroatoms. The predicted molar refractivity (Wildman–Crippen MR) is 100 cm³/mol. The van der Waals surface area contributed by atoms with Gasteiger partial charge < -0.3 is 9.72 Å². The molecule has 0 aliphatic heterocycles. The van der Waals surface area contributed by atoms with Crippen molar-refractivity contribution in [3.63, 3.8) is 0 Å². The van der Waals surface area contributed by atoms with E-state index in [2.05, 4.69) is 33.0 Å². The van der Waals surface area contributed by atoms with E-state index < -0.39 is 0 Å². The second kappa shape index (κ2) is 5.80. The van der Waals surface area contributed by atoms with Crippen LogP contribution in [0.25, 0.3) is 32.9 Å². The van der Waals surface area contributed by atoms with Gasteiger partial charge in [-0.2, -0.15) is 0 Å². The van der Waals surface area contributed by atoms with E-state index >= 15 is 0 Å². The number of aromatic amines is 1. The van der Waals surface area contributed by atoms with Crippen LogP contribution in [0.4, 0.5) is 0 Å². The second-order valence-corrected chi connectivity index (χ2v) is 6.53. The van der Waals surface area contributed by atoms with E-state index in [-0.39, 0.29) is 5.97 Å². The molecule has 4 rings (SSSR count). The number of hydrogen-bond donors (Lipinski definition) is 1. The smallest absolute Gasteiger partial charge is 0.340 e. The van der Waals surface area contributed by atoms with Crippen LogP contribution >= 0.6 is 15.9 Å². The summed E-state index contributed by atoms with van der Waals surface area (Å²) in [4.78, 5) is 15.6. The van der Waals surface area contributed by atoms with E-state index in [1.54, 1.807) is 0 Å². The third-order valence-electron chi connectivity index (χ3n) is 4.18. The van der Waals surface area contributed by atoms with Gasteiger partial charge in [0.15, 0.2) is 0 Å². The Morgan fingerprint density at radius 1 is 0.958 bits per heavy atom. The van der Waals surface area contributed by atoms with Gasteiger partial charge >= 0.3 is 5.97 Å². The Bertz CT molecular complexity index is 1070. The second-order valence-electron chi connectivity index (χ2n) is 5.62. The van der Waals surface area contributed by atoms with Gasteiger partial charge in [-0.25, -0.2) is 4.79 Å². The third-order valence-corrected chi connectivity index (χ3v) is 4.68. The molecule has 0 unspecified atom stereocenters. The lowest BCUT2D eigenvalue weighted by Crippen LogP contribution is -2.02. The molecular weight excluding hydrogens is 366 g/mol. The molecule has 1 heterocycles. The Morgan fingerprint density at radius 2 is 1.75 bits per heavy atom. The van der Waals surface area contributed by atoms with Crippen LogP contribution < -0.4 is 0 Å². The number of H-pyrrole nitrogens is 1. The highest BCUT2D eigenvalue weighted by atomic mass is 79.9. The van der Waals surface area contributed by atoms with Crippen LogP contribution in [0.1, 0.15) is 10.4 Å². The number of benzene rings is 3. The van der Waals surface area contributed by atoms with E-state index in [9.17, 15) is 4.79 Å². The minimum Gasteiger partial charge on any atom is -0.465 e. The van der Waals surface area contributed by atoms with E-state index in [0.29, 0.717) is 5.56 Å². The average Bonchev–Trinajstić information content (AvgIpc) is 2.99. The van der Waals surface area contributed by atoms with Gasteiger partial charge in [-0.3, -0.25) is 0 Å². The molecule has 0 aliphatic carbocycles. The summed E-state index contributed by atoms with van der Waals surface area (Å²) >= 11 is 3.52. The zero-order valence-electron chi connectivity index (χ0n) is 13.0. The first-order valence-corrected chi connectivity index (χ1v) is 8.35. The fourth-order valence-electron chi connectivity index (χ4n) is 3.04. The van der Waals surface area contributed by atoms with Crippen molar-refractivity contribution >= 4 is 43.7 Å². The Hall–Kier alpha value is -2.59. The van der Waals surface area contributed by atoms with Crippen LogP contribution in [-0.2, 0) is 4.74 Å². The van der Waals surface area contributed by atoms with Gasteiger partial charge in [-0.05, 0) is 41.5 Å². The van der Waals surface area contributed by atoms with Gasteiger partial charge in [0.05, 0.1) is 18.2 Å². The Balaban J connectivity index is 2.11. The Morgan fingerprint density at radius 3 is 2.50 bits per heavy atom. The summed E-state index contributed by atoms with van der Waals surface area (Å²) in [6, 6.07) is 20.1. The maximum atomic E-state index is 12.3. The standard InChI is InChI=1S/C20H14BrNO2/c1-24-20(23)17-10-13(12-5-3-2-4-6-12)9-16-15-11-14(21)7-8-18(15)22-19(16)17/h2-11,22H,1H3. The van der Waals surface area contributed by atoms with Crippen molar-refractivity contribution in [1.82, 2.24) is 4.98 Å². The third kappa shape index (κ3) is 2.39. The highest BCUT2D eigenvalue weighted by Gasteiger charge is 2.17. The number of halogens is 1. The van der Waals surface area contributed by atoms with Gasteiger partial charge in [0.1, 0.15) is 0 Å². The molecule has 24 heavy (non-hydrogen) atoms. The number of carbonyl (C=O) groups is 1. The molecule has 0 saturated carbocycles. The number of hydrogen-bond acceptors (Lipinski definition) is 2. The number of aromatic nitrogens is 1. The monoisotopic (exact) mass is 379 g/mol. The normalized spacial score (nSPS) is 11.1. The summed E-state index contributed by atoms with van der Waals surface area (Å²) < 4.78 is 5.99. The summed E-state index contributed by atoms with van der Waals surface area (Å²) in [5.74, 6) is -0.344. The lowest BCUT2D eigenvalue weighted by molar-refractivity contribution is 0.0603. The summed E-state index contributed by atoms with van der Waals surface area (Å²) in [6.45, 7) is 0. The average molecular weight is 380 g/mol. The van der Waals surface area contributed by atoms with Crippen LogP contribution in [0.15, 0.2) is 65.1 Å². The fraction of sp³-hybridized carbons (Fsp3) is 0.0500. The molecule has 0 amide bonds. The predicted octanol–water partition coefficient (Wildman–Crippen LogP) is 5.54. The highest BCUT2D eigenvalue weighted by molar-refractivity contribution is 9.10. The molecule has 0 saturated heterocycles. The molecule has 3 nitrogen and oxygen atoms in total. The van der Waals surface area contributed by atoms with Gasteiger partial charge in [0.25, 0.3) is 0 Å². The highest BCUT2D eigenvalue weighted by Crippen LogP contribution is 2.34. The number of carbonyl (C=O) groups excluding carboxylic acids is 1. The molecule has 1 N–H and O–H groups in total. The lowest BCUT2D eigenvalue weighted by atomic mass is 9.99. The van der Waals surface area contributed by atoms with Crippen LogP contribution in [0.5, 0.6) is 0 Å². The SMILES string of the molecule is COC(=O)c1cc(-c2ccccc2)cc2c1[nH]c1ccc(Br)cc12. The quantitative estimate of drug-likeness (QED) is 0.464. The van der Waals surface area contributed by atoms with Gasteiger partial charge in [-0.15, -0.1) is 0 Å². The zero-order valence-corrected chi connectivity index (χ0v) is 14.6. The molecule has 0 radical (unpaired) electrons. The minimum absolute atomic E-state index is 0.344. The van der Waals surface area contributed by atoms with Gasteiger partial charge in [-0.1, -0.05) is 46.3 Å². The minimum atomic E-state index is -0.344.